The molecule has 2 heterocycles. The van der Waals surface area contributed by atoms with E-state index in [2.05, 4.69) is 16.6 Å². The normalized spacial score (nSPS) is 11.1. The highest BCUT2D eigenvalue weighted by Gasteiger charge is 2.24. The molecule has 0 aliphatic carbocycles. The number of hydrogen-bond donors (Lipinski definition) is 0. The Hall–Kier alpha value is -2.76. The Bertz CT molecular complexity index is 924. The van der Waals surface area contributed by atoms with Gasteiger partial charge in [0.25, 0.3) is 0 Å². The van der Waals surface area contributed by atoms with Crippen LogP contribution in [-0.4, -0.2) is 34.0 Å². The third-order valence-corrected chi connectivity index (χ3v) is 4.42. The molecular weight excluding hydrogens is 330 g/mol. The van der Waals surface area contributed by atoms with E-state index in [9.17, 15) is 4.79 Å². The molecule has 0 aliphatic rings. The summed E-state index contributed by atoms with van der Waals surface area (Å²) in [7, 11) is 1.62. The van der Waals surface area contributed by atoms with E-state index < -0.39 is 0 Å². The van der Waals surface area contributed by atoms with E-state index in [0.29, 0.717) is 24.3 Å². The van der Waals surface area contributed by atoms with Crippen LogP contribution >= 0.6 is 0 Å². The standard InChI is InChI=1S/C20H25N3O3/c1-5-10-22-13-14(12-21-22)23-17(6-2)19(20(24)26-7-3)16-11-15(25-4)8-9-18(16)23/h8-9,11-13H,5-7,10H2,1-4H3. The highest BCUT2D eigenvalue weighted by molar-refractivity contribution is 6.07. The molecule has 0 unspecified atom stereocenters. The zero-order valence-corrected chi connectivity index (χ0v) is 15.8. The summed E-state index contributed by atoms with van der Waals surface area (Å²) < 4.78 is 14.7. The van der Waals surface area contributed by atoms with Crippen LogP contribution in [0.25, 0.3) is 16.6 Å². The molecule has 3 aromatic rings. The number of carbonyl (C=O) groups excluding carboxylic acids is 1. The number of methoxy groups -OCH3 is 1. The lowest BCUT2D eigenvalue weighted by Gasteiger charge is -2.08. The largest absolute Gasteiger partial charge is 0.497 e. The molecule has 6 heteroatoms. The molecule has 0 bridgehead atoms. The number of nitrogens with zero attached hydrogens (tertiary/aromatic N) is 3. The van der Waals surface area contributed by atoms with E-state index in [-0.39, 0.29) is 5.97 Å². The average Bonchev–Trinajstić information content (AvgIpc) is 3.22. The highest BCUT2D eigenvalue weighted by atomic mass is 16.5. The van der Waals surface area contributed by atoms with E-state index in [4.69, 9.17) is 9.47 Å². The van der Waals surface area contributed by atoms with Gasteiger partial charge in [-0.15, -0.1) is 0 Å². The van der Waals surface area contributed by atoms with Gasteiger partial charge < -0.3 is 14.0 Å². The average molecular weight is 355 g/mol. The van der Waals surface area contributed by atoms with Gasteiger partial charge in [0, 0.05) is 23.8 Å². The van der Waals surface area contributed by atoms with Gasteiger partial charge in [-0.3, -0.25) is 4.68 Å². The second-order valence-electron chi connectivity index (χ2n) is 6.08. The smallest absolute Gasteiger partial charge is 0.340 e. The minimum absolute atomic E-state index is 0.303. The maximum atomic E-state index is 12.7. The molecule has 26 heavy (non-hydrogen) atoms. The summed E-state index contributed by atoms with van der Waals surface area (Å²) in [5, 5.41) is 5.28. The van der Waals surface area contributed by atoms with Crippen LogP contribution in [0.1, 0.15) is 43.2 Å². The van der Waals surface area contributed by atoms with E-state index in [0.717, 1.165) is 35.2 Å². The van der Waals surface area contributed by atoms with Crippen molar-refractivity contribution < 1.29 is 14.3 Å². The van der Waals surface area contributed by atoms with Crippen LogP contribution in [0.5, 0.6) is 5.75 Å². The Kier molecular flexibility index (Phi) is 5.30. The van der Waals surface area contributed by atoms with Crippen LogP contribution in [0.3, 0.4) is 0 Å². The molecule has 2 aromatic heterocycles. The predicted octanol–water partition coefficient (Wildman–Crippen LogP) is 3.98. The van der Waals surface area contributed by atoms with Crippen molar-refractivity contribution in [1.82, 2.24) is 14.3 Å². The fourth-order valence-corrected chi connectivity index (χ4v) is 3.33. The Labute approximate surface area is 153 Å². The fourth-order valence-electron chi connectivity index (χ4n) is 3.33. The summed E-state index contributed by atoms with van der Waals surface area (Å²) in [5.41, 5.74) is 3.41. The van der Waals surface area contributed by atoms with E-state index in [1.54, 1.807) is 7.11 Å². The van der Waals surface area contributed by atoms with Gasteiger partial charge in [0.1, 0.15) is 5.75 Å². The summed E-state index contributed by atoms with van der Waals surface area (Å²) in [4.78, 5) is 12.7. The number of fused-ring (bicyclic) bond motifs is 1. The Morgan fingerprint density at radius 2 is 2.04 bits per heavy atom. The monoisotopic (exact) mass is 355 g/mol. The van der Waals surface area contributed by atoms with Crippen LogP contribution in [0, 0.1) is 0 Å². The highest BCUT2D eigenvalue weighted by Crippen LogP contribution is 2.33. The van der Waals surface area contributed by atoms with Gasteiger partial charge in [-0.25, -0.2) is 4.79 Å². The molecule has 0 spiro atoms. The Morgan fingerprint density at radius 3 is 2.69 bits per heavy atom. The quantitative estimate of drug-likeness (QED) is 0.602. The zero-order valence-electron chi connectivity index (χ0n) is 15.8. The summed E-state index contributed by atoms with van der Waals surface area (Å²) in [6, 6.07) is 5.78. The first-order valence-electron chi connectivity index (χ1n) is 9.05. The van der Waals surface area contributed by atoms with Gasteiger partial charge in [0.05, 0.1) is 36.7 Å². The number of rotatable bonds is 7. The molecule has 0 fully saturated rings. The molecule has 0 amide bonds. The van der Waals surface area contributed by atoms with Gasteiger partial charge >= 0.3 is 5.97 Å². The maximum Gasteiger partial charge on any atom is 0.340 e. The predicted molar refractivity (Wildman–Crippen MR) is 101 cm³/mol. The molecule has 0 radical (unpaired) electrons. The third-order valence-electron chi connectivity index (χ3n) is 4.42. The van der Waals surface area contributed by atoms with Gasteiger partial charge in [-0.2, -0.15) is 5.10 Å². The Morgan fingerprint density at radius 1 is 1.23 bits per heavy atom. The van der Waals surface area contributed by atoms with Crippen molar-refractivity contribution in [2.45, 2.75) is 40.2 Å². The molecule has 0 saturated heterocycles. The number of esters is 1. The van der Waals surface area contributed by atoms with Crippen molar-refractivity contribution in [3.05, 3.63) is 41.9 Å². The molecule has 3 rings (SSSR count). The number of aryl methyl sites for hydroxylation is 1. The second kappa shape index (κ2) is 7.64. The number of carbonyl (C=O) groups is 1. The summed E-state index contributed by atoms with van der Waals surface area (Å²) in [5.74, 6) is 0.409. The van der Waals surface area contributed by atoms with Gasteiger partial charge in [0.2, 0.25) is 0 Å². The molecule has 0 N–H and O–H groups in total. The van der Waals surface area contributed by atoms with Crippen molar-refractivity contribution in [2.75, 3.05) is 13.7 Å². The van der Waals surface area contributed by atoms with Crippen molar-refractivity contribution in [1.29, 1.82) is 0 Å². The van der Waals surface area contributed by atoms with Gasteiger partial charge in [-0.05, 0) is 38.0 Å². The van der Waals surface area contributed by atoms with Gasteiger partial charge in [-0.1, -0.05) is 13.8 Å². The van der Waals surface area contributed by atoms with E-state index in [1.165, 1.54) is 0 Å². The van der Waals surface area contributed by atoms with Crippen LogP contribution < -0.4 is 4.74 Å². The molecule has 0 saturated carbocycles. The molecule has 1 aromatic carbocycles. The second-order valence-corrected chi connectivity index (χ2v) is 6.08. The molecule has 6 nitrogen and oxygen atoms in total. The SMILES string of the molecule is CCCn1cc(-n2c(CC)c(C(=O)OCC)c3cc(OC)ccc32)cn1. The first-order chi connectivity index (χ1) is 12.6. The molecule has 0 aliphatic heterocycles. The van der Waals surface area contributed by atoms with Crippen molar-refractivity contribution in [3.8, 4) is 11.4 Å². The summed E-state index contributed by atoms with van der Waals surface area (Å²) in [6.45, 7) is 7.18. The van der Waals surface area contributed by atoms with Crippen LogP contribution in [-0.2, 0) is 17.7 Å². The lowest BCUT2D eigenvalue weighted by molar-refractivity contribution is 0.0527. The fraction of sp³-hybridized carbons (Fsp3) is 0.400. The summed E-state index contributed by atoms with van der Waals surface area (Å²) >= 11 is 0. The number of aromatic nitrogens is 3. The van der Waals surface area contributed by atoms with Crippen LogP contribution in [0.2, 0.25) is 0 Å². The number of benzene rings is 1. The number of ether oxygens (including phenoxy) is 2. The molecular formula is C20H25N3O3. The zero-order chi connectivity index (χ0) is 18.7. The molecule has 0 atom stereocenters. The van der Waals surface area contributed by atoms with Crippen molar-refractivity contribution in [3.63, 3.8) is 0 Å². The third kappa shape index (κ3) is 3.07. The molecule has 138 valence electrons. The van der Waals surface area contributed by atoms with Crippen molar-refractivity contribution in [2.24, 2.45) is 0 Å². The first kappa shape index (κ1) is 18.0. The number of hydrogen-bond acceptors (Lipinski definition) is 4. The van der Waals surface area contributed by atoms with Crippen molar-refractivity contribution >= 4 is 16.9 Å². The first-order valence-corrected chi connectivity index (χ1v) is 9.05. The van der Waals surface area contributed by atoms with Crippen LogP contribution in [0.4, 0.5) is 0 Å². The Balaban J connectivity index is 2.28. The van der Waals surface area contributed by atoms with Gasteiger partial charge in [0.15, 0.2) is 0 Å². The van der Waals surface area contributed by atoms with E-state index >= 15 is 0 Å². The maximum absolute atomic E-state index is 12.7. The minimum Gasteiger partial charge on any atom is -0.497 e. The van der Waals surface area contributed by atoms with E-state index in [1.807, 2.05) is 49.1 Å². The summed E-state index contributed by atoms with van der Waals surface area (Å²) in [6.07, 6.45) is 5.57. The lowest BCUT2D eigenvalue weighted by atomic mass is 10.1. The van der Waals surface area contributed by atoms with Crippen LogP contribution in [0.15, 0.2) is 30.6 Å². The minimum atomic E-state index is -0.303. The topological polar surface area (TPSA) is 58.3 Å². The lowest BCUT2D eigenvalue weighted by Crippen LogP contribution is -2.08.